The maximum absolute atomic E-state index is 14.0. The number of benzene rings is 3. The lowest BCUT2D eigenvalue weighted by Gasteiger charge is -2.31. The van der Waals surface area contributed by atoms with Gasteiger partial charge in [0.25, 0.3) is 15.9 Å². The van der Waals surface area contributed by atoms with Gasteiger partial charge in [-0.05, 0) is 36.4 Å². The van der Waals surface area contributed by atoms with E-state index in [4.69, 9.17) is 4.74 Å². The molecule has 0 spiro atoms. The lowest BCUT2D eigenvalue weighted by atomic mass is 10.0. The molecule has 4 rings (SSSR count). The van der Waals surface area contributed by atoms with Crippen LogP contribution in [0.25, 0.3) is 11.1 Å². The molecule has 3 aromatic carbocycles. The normalized spacial score (nSPS) is 13.5. The highest BCUT2D eigenvalue weighted by Crippen LogP contribution is 2.43. The zero-order valence-electron chi connectivity index (χ0n) is 18.2. The van der Waals surface area contributed by atoms with Crippen LogP contribution in [0.5, 0.6) is 0 Å². The van der Waals surface area contributed by atoms with Gasteiger partial charge in [-0.3, -0.25) is 13.9 Å². The molecule has 1 aliphatic rings. The van der Waals surface area contributed by atoms with Crippen LogP contribution >= 0.6 is 0 Å². The van der Waals surface area contributed by atoms with Gasteiger partial charge in [-0.2, -0.15) is 0 Å². The second-order valence-corrected chi connectivity index (χ2v) is 9.34. The Hall–Kier alpha value is -3.76. The van der Waals surface area contributed by atoms with E-state index in [-0.39, 0.29) is 28.4 Å². The SMILES string of the molecule is COCCNC(=O)c1ccccc1NC(=O)CN1c2ccc(F)cc2-c2ccccc2S1(=O)=O. The molecule has 0 bridgehead atoms. The highest BCUT2D eigenvalue weighted by Gasteiger charge is 2.36. The van der Waals surface area contributed by atoms with Gasteiger partial charge in [0, 0.05) is 24.8 Å². The number of carbonyl (C=O) groups excluding carboxylic acids is 2. The second kappa shape index (κ2) is 9.62. The van der Waals surface area contributed by atoms with Crippen LogP contribution in [-0.4, -0.2) is 47.0 Å². The Morgan fingerprint density at radius 2 is 1.74 bits per heavy atom. The minimum atomic E-state index is -4.08. The summed E-state index contributed by atoms with van der Waals surface area (Å²) >= 11 is 0. The Morgan fingerprint density at radius 1 is 1.00 bits per heavy atom. The van der Waals surface area contributed by atoms with Crippen LogP contribution in [0.1, 0.15) is 10.4 Å². The molecule has 1 aliphatic heterocycles. The summed E-state index contributed by atoms with van der Waals surface area (Å²) < 4.78 is 46.5. The molecule has 34 heavy (non-hydrogen) atoms. The van der Waals surface area contributed by atoms with Crippen LogP contribution in [0.4, 0.5) is 15.8 Å². The van der Waals surface area contributed by atoms with Crippen LogP contribution in [0.2, 0.25) is 0 Å². The Labute approximate surface area is 196 Å². The molecule has 3 aromatic rings. The molecule has 0 radical (unpaired) electrons. The van der Waals surface area contributed by atoms with E-state index in [0.29, 0.717) is 17.7 Å². The molecule has 0 aromatic heterocycles. The fraction of sp³-hybridized carbons (Fsp3) is 0.167. The molecule has 176 valence electrons. The lowest BCUT2D eigenvalue weighted by Crippen LogP contribution is -2.40. The van der Waals surface area contributed by atoms with Crippen molar-refractivity contribution in [1.29, 1.82) is 0 Å². The molecule has 10 heteroatoms. The van der Waals surface area contributed by atoms with Crippen molar-refractivity contribution in [3.05, 3.63) is 78.1 Å². The molecular formula is C24H22FN3O5S. The number of nitrogens with zero attached hydrogens (tertiary/aromatic N) is 1. The minimum absolute atomic E-state index is 0.0150. The van der Waals surface area contributed by atoms with Crippen molar-refractivity contribution in [2.75, 3.05) is 36.4 Å². The van der Waals surface area contributed by atoms with Gasteiger partial charge >= 0.3 is 0 Å². The third-order valence-corrected chi connectivity index (χ3v) is 7.12. The predicted octanol–water partition coefficient (Wildman–Crippen LogP) is 3.02. The molecular weight excluding hydrogens is 461 g/mol. The Kier molecular flexibility index (Phi) is 6.62. The fourth-order valence-electron chi connectivity index (χ4n) is 3.75. The number of para-hydroxylation sites is 1. The molecule has 0 unspecified atom stereocenters. The van der Waals surface area contributed by atoms with Crippen LogP contribution in [0.15, 0.2) is 71.6 Å². The molecule has 0 saturated heterocycles. The highest BCUT2D eigenvalue weighted by molar-refractivity contribution is 7.93. The number of ether oxygens (including phenoxy) is 1. The largest absolute Gasteiger partial charge is 0.383 e. The van der Waals surface area contributed by atoms with Crippen molar-refractivity contribution in [3.63, 3.8) is 0 Å². The molecule has 2 N–H and O–H groups in total. The number of sulfonamides is 1. The van der Waals surface area contributed by atoms with Crippen molar-refractivity contribution in [2.45, 2.75) is 4.90 Å². The molecule has 8 nitrogen and oxygen atoms in total. The summed E-state index contributed by atoms with van der Waals surface area (Å²) in [6.07, 6.45) is 0. The number of carbonyl (C=O) groups is 2. The van der Waals surface area contributed by atoms with E-state index < -0.39 is 34.2 Å². The highest BCUT2D eigenvalue weighted by atomic mass is 32.2. The zero-order valence-corrected chi connectivity index (χ0v) is 19.1. The van der Waals surface area contributed by atoms with Crippen molar-refractivity contribution >= 4 is 33.2 Å². The average Bonchev–Trinajstić information content (AvgIpc) is 2.82. The number of fused-ring (bicyclic) bond motifs is 3. The van der Waals surface area contributed by atoms with E-state index in [1.165, 1.54) is 25.3 Å². The minimum Gasteiger partial charge on any atom is -0.383 e. The molecule has 0 saturated carbocycles. The Balaban J connectivity index is 1.62. The quantitative estimate of drug-likeness (QED) is 0.503. The summed E-state index contributed by atoms with van der Waals surface area (Å²) in [5.41, 5.74) is 1.39. The van der Waals surface area contributed by atoms with Crippen LogP contribution in [-0.2, 0) is 19.6 Å². The van der Waals surface area contributed by atoms with Crippen molar-refractivity contribution in [2.24, 2.45) is 0 Å². The predicted molar refractivity (Wildman–Crippen MR) is 126 cm³/mol. The summed E-state index contributed by atoms with van der Waals surface area (Å²) in [4.78, 5) is 25.4. The summed E-state index contributed by atoms with van der Waals surface area (Å²) in [7, 11) is -2.57. The fourth-order valence-corrected chi connectivity index (χ4v) is 5.40. The van der Waals surface area contributed by atoms with Gasteiger partial charge < -0.3 is 15.4 Å². The van der Waals surface area contributed by atoms with Gasteiger partial charge in [-0.1, -0.05) is 30.3 Å². The zero-order chi connectivity index (χ0) is 24.3. The van der Waals surface area contributed by atoms with Crippen molar-refractivity contribution in [1.82, 2.24) is 5.32 Å². The number of rotatable bonds is 7. The van der Waals surface area contributed by atoms with E-state index in [1.807, 2.05) is 0 Å². The smallest absolute Gasteiger partial charge is 0.265 e. The second-order valence-electron chi connectivity index (χ2n) is 7.51. The summed E-state index contributed by atoms with van der Waals surface area (Å²) in [6.45, 7) is 0.0554. The number of methoxy groups -OCH3 is 1. The first-order valence-electron chi connectivity index (χ1n) is 10.4. The summed E-state index contributed by atoms with van der Waals surface area (Å²) in [5.74, 6) is -1.59. The molecule has 1 heterocycles. The van der Waals surface area contributed by atoms with Gasteiger partial charge in [0.1, 0.15) is 12.4 Å². The van der Waals surface area contributed by atoms with Crippen LogP contribution < -0.4 is 14.9 Å². The first-order chi connectivity index (χ1) is 16.3. The number of halogens is 1. The van der Waals surface area contributed by atoms with Crippen LogP contribution in [0.3, 0.4) is 0 Å². The standard InChI is InChI=1S/C24H22FN3O5S/c1-33-13-12-26-24(30)18-7-2-4-8-20(18)27-23(29)15-28-21-11-10-16(25)14-19(21)17-6-3-5-9-22(17)34(28,31)32/h2-11,14H,12-13,15H2,1H3,(H,26,30)(H,27,29). The third kappa shape index (κ3) is 4.50. The van der Waals surface area contributed by atoms with Gasteiger partial charge in [0.2, 0.25) is 5.91 Å². The third-order valence-electron chi connectivity index (χ3n) is 5.30. The van der Waals surface area contributed by atoms with Gasteiger partial charge in [0.15, 0.2) is 0 Å². The first kappa shape index (κ1) is 23.4. The van der Waals surface area contributed by atoms with E-state index in [2.05, 4.69) is 10.6 Å². The van der Waals surface area contributed by atoms with Crippen molar-refractivity contribution in [3.8, 4) is 11.1 Å². The summed E-state index contributed by atoms with van der Waals surface area (Å²) in [5, 5.41) is 5.30. The van der Waals surface area contributed by atoms with E-state index in [9.17, 15) is 22.4 Å². The number of hydrogen-bond donors (Lipinski definition) is 2. The maximum atomic E-state index is 14.0. The van der Waals surface area contributed by atoms with Gasteiger partial charge in [-0.25, -0.2) is 12.8 Å². The van der Waals surface area contributed by atoms with E-state index in [0.717, 1.165) is 10.4 Å². The summed E-state index contributed by atoms with van der Waals surface area (Å²) in [6, 6.07) is 16.4. The number of anilines is 2. The van der Waals surface area contributed by atoms with Crippen LogP contribution in [0, 0.1) is 5.82 Å². The molecule has 0 atom stereocenters. The number of nitrogens with one attached hydrogen (secondary N) is 2. The van der Waals surface area contributed by atoms with Gasteiger partial charge in [0.05, 0.1) is 28.4 Å². The lowest BCUT2D eigenvalue weighted by molar-refractivity contribution is -0.114. The molecule has 2 amide bonds. The number of hydrogen-bond acceptors (Lipinski definition) is 5. The molecule has 0 fully saturated rings. The van der Waals surface area contributed by atoms with E-state index >= 15 is 0 Å². The Morgan fingerprint density at radius 3 is 2.53 bits per heavy atom. The number of amides is 2. The maximum Gasteiger partial charge on any atom is 0.265 e. The first-order valence-corrected chi connectivity index (χ1v) is 11.8. The average molecular weight is 484 g/mol. The van der Waals surface area contributed by atoms with Gasteiger partial charge in [-0.15, -0.1) is 0 Å². The topological polar surface area (TPSA) is 105 Å². The van der Waals surface area contributed by atoms with Crippen molar-refractivity contribution < 1.29 is 27.1 Å². The molecule has 0 aliphatic carbocycles. The van der Waals surface area contributed by atoms with E-state index in [1.54, 1.807) is 42.5 Å². The monoisotopic (exact) mass is 483 g/mol. The Bertz CT molecular complexity index is 1360.